The summed E-state index contributed by atoms with van der Waals surface area (Å²) in [6.07, 6.45) is 91.8. The highest BCUT2D eigenvalue weighted by Crippen LogP contribution is 2.17. The number of carbonyl (C=O) groups excluding carboxylic acids is 3. The molecular formula is C75H132O6. The molecule has 0 aliphatic rings. The number of hydrogen-bond acceptors (Lipinski definition) is 6. The van der Waals surface area contributed by atoms with E-state index in [1.807, 2.05) is 0 Å². The van der Waals surface area contributed by atoms with Crippen molar-refractivity contribution in [2.24, 2.45) is 0 Å². The van der Waals surface area contributed by atoms with Crippen molar-refractivity contribution in [1.29, 1.82) is 0 Å². The van der Waals surface area contributed by atoms with Crippen LogP contribution in [0.25, 0.3) is 0 Å². The van der Waals surface area contributed by atoms with Crippen LogP contribution in [0.1, 0.15) is 355 Å². The van der Waals surface area contributed by atoms with Gasteiger partial charge in [0.15, 0.2) is 6.10 Å². The lowest BCUT2D eigenvalue weighted by Gasteiger charge is -2.18. The summed E-state index contributed by atoms with van der Waals surface area (Å²) in [5, 5.41) is 0. The molecule has 0 saturated carbocycles. The summed E-state index contributed by atoms with van der Waals surface area (Å²) in [6.45, 7) is 6.53. The van der Waals surface area contributed by atoms with E-state index in [4.69, 9.17) is 14.2 Å². The Morgan fingerprint density at radius 2 is 0.481 bits per heavy atom. The predicted octanol–water partition coefficient (Wildman–Crippen LogP) is 24.2. The van der Waals surface area contributed by atoms with E-state index in [1.165, 1.54) is 205 Å². The minimum atomic E-state index is -0.789. The lowest BCUT2D eigenvalue weighted by atomic mass is 10.0. The SMILES string of the molecule is CC/C=C\C/C=C\C/C=C\C/C=C\CCCCCCCCCCC(=O)OC(COC(=O)CCCCCCC/C=C\C/C=C\CCCCC)COC(=O)CCCCCCCCCCCCCCCCC/C=C\CCCCCCCCCC. The summed E-state index contributed by atoms with van der Waals surface area (Å²) in [5.74, 6) is -0.888. The normalized spacial score (nSPS) is 12.6. The first kappa shape index (κ1) is 77.6. The van der Waals surface area contributed by atoms with Crippen LogP contribution in [-0.2, 0) is 28.6 Å². The van der Waals surface area contributed by atoms with Crippen LogP contribution in [0.3, 0.4) is 0 Å². The smallest absolute Gasteiger partial charge is 0.306 e. The minimum Gasteiger partial charge on any atom is -0.462 e. The van der Waals surface area contributed by atoms with Crippen LogP contribution in [-0.4, -0.2) is 37.2 Å². The molecule has 0 N–H and O–H groups in total. The molecule has 81 heavy (non-hydrogen) atoms. The standard InChI is InChI=1S/C75H132O6/c1-4-7-10-13-16-19-22-25-28-30-32-34-35-36-37-38-39-41-42-44-47-50-53-56-59-62-65-68-74(77)80-71-72(70-79-73(76)67-64-61-58-55-52-49-46-27-24-21-18-15-12-9-6-3)81-75(78)69-66-63-60-57-54-51-48-45-43-40-33-31-29-26-23-20-17-14-11-8-5-2/h8,11,17-18,20-21,26-27,29-30,32-33,40,46,72H,4-7,9-10,12-16,19,22-25,28,31,34-39,41-45,47-71H2,1-3H3/b11-8-,20-17-,21-18-,29-26-,32-30-,40-33-,46-27-. The van der Waals surface area contributed by atoms with Gasteiger partial charge in [0.1, 0.15) is 13.2 Å². The summed E-state index contributed by atoms with van der Waals surface area (Å²) in [6, 6.07) is 0. The highest BCUT2D eigenvalue weighted by Gasteiger charge is 2.19. The van der Waals surface area contributed by atoms with Gasteiger partial charge in [-0.1, -0.05) is 305 Å². The van der Waals surface area contributed by atoms with Crippen molar-refractivity contribution in [3.8, 4) is 0 Å². The summed E-state index contributed by atoms with van der Waals surface area (Å²) in [4.78, 5) is 38.4. The van der Waals surface area contributed by atoms with Crippen molar-refractivity contribution >= 4 is 17.9 Å². The number of carbonyl (C=O) groups is 3. The topological polar surface area (TPSA) is 78.9 Å². The van der Waals surface area contributed by atoms with Crippen molar-refractivity contribution in [2.45, 2.75) is 361 Å². The molecule has 0 heterocycles. The molecule has 0 aromatic rings. The van der Waals surface area contributed by atoms with Crippen LogP contribution in [0.4, 0.5) is 0 Å². The van der Waals surface area contributed by atoms with Gasteiger partial charge in [-0.2, -0.15) is 0 Å². The number of unbranched alkanes of at least 4 members (excludes halogenated alkanes) is 39. The fourth-order valence-corrected chi connectivity index (χ4v) is 10.1. The van der Waals surface area contributed by atoms with Gasteiger partial charge in [0, 0.05) is 19.3 Å². The fraction of sp³-hybridized carbons (Fsp3) is 0.773. The zero-order valence-corrected chi connectivity index (χ0v) is 53.8. The predicted molar refractivity (Wildman–Crippen MR) is 353 cm³/mol. The molecule has 0 saturated heterocycles. The molecule has 0 spiro atoms. The Bertz CT molecular complexity index is 1530. The molecule has 0 aromatic heterocycles. The zero-order chi connectivity index (χ0) is 58.5. The highest BCUT2D eigenvalue weighted by molar-refractivity contribution is 5.71. The van der Waals surface area contributed by atoms with Crippen LogP contribution in [0.15, 0.2) is 85.1 Å². The van der Waals surface area contributed by atoms with E-state index in [0.29, 0.717) is 19.3 Å². The molecule has 0 bridgehead atoms. The maximum absolute atomic E-state index is 12.9. The minimum absolute atomic E-state index is 0.0822. The number of hydrogen-bond donors (Lipinski definition) is 0. The third-order valence-electron chi connectivity index (χ3n) is 15.4. The zero-order valence-electron chi connectivity index (χ0n) is 53.8. The van der Waals surface area contributed by atoms with Crippen molar-refractivity contribution in [3.05, 3.63) is 85.1 Å². The number of ether oxygens (including phenoxy) is 3. The average molecular weight is 1130 g/mol. The molecule has 0 aliphatic carbocycles. The number of esters is 3. The molecule has 0 rings (SSSR count). The Hall–Kier alpha value is -3.41. The maximum Gasteiger partial charge on any atom is 0.306 e. The third-order valence-corrected chi connectivity index (χ3v) is 15.4. The van der Waals surface area contributed by atoms with E-state index in [2.05, 4.69) is 106 Å². The largest absolute Gasteiger partial charge is 0.462 e. The van der Waals surface area contributed by atoms with Crippen LogP contribution in [0, 0.1) is 0 Å². The van der Waals surface area contributed by atoms with E-state index >= 15 is 0 Å². The molecule has 0 aromatic carbocycles. The van der Waals surface area contributed by atoms with Crippen LogP contribution in [0.2, 0.25) is 0 Å². The maximum atomic E-state index is 12.9. The summed E-state index contributed by atoms with van der Waals surface area (Å²) in [7, 11) is 0. The van der Waals surface area contributed by atoms with Gasteiger partial charge in [0.2, 0.25) is 0 Å². The first-order valence-corrected chi connectivity index (χ1v) is 35.1. The second-order valence-corrected chi connectivity index (χ2v) is 23.4. The summed E-state index contributed by atoms with van der Waals surface area (Å²) in [5.41, 5.74) is 0. The Balaban J connectivity index is 4.30. The Morgan fingerprint density at radius 3 is 0.790 bits per heavy atom. The third kappa shape index (κ3) is 67.3. The van der Waals surface area contributed by atoms with E-state index in [-0.39, 0.29) is 31.1 Å². The Labute approximate surface area is 503 Å². The van der Waals surface area contributed by atoms with Crippen molar-refractivity contribution in [2.75, 3.05) is 13.2 Å². The van der Waals surface area contributed by atoms with Gasteiger partial charge in [0.25, 0.3) is 0 Å². The number of allylic oxidation sites excluding steroid dienone is 14. The lowest BCUT2D eigenvalue weighted by molar-refractivity contribution is -0.167. The quantitative estimate of drug-likeness (QED) is 0.0261. The van der Waals surface area contributed by atoms with E-state index in [9.17, 15) is 14.4 Å². The molecule has 0 fully saturated rings. The van der Waals surface area contributed by atoms with Gasteiger partial charge >= 0.3 is 17.9 Å². The monoisotopic (exact) mass is 1130 g/mol. The molecule has 6 heteroatoms. The van der Waals surface area contributed by atoms with Crippen molar-refractivity contribution in [3.63, 3.8) is 0 Å². The fourth-order valence-electron chi connectivity index (χ4n) is 10.1. The van der Waals surface area contributed by atoms with E-state index in [1.54, 1.807) is 0 Å². The molecule has 1 atom stereocenters. The molecule has 468 valence electrons. The molecule has 1 unspecified atom stereocenters. The average Bonchev–Trinajstić information content (AvgIpc) is 3.47. The molecular weight excluding hydrogens is 997 g/mol. The summed E-state index contributed by atoms with van der Waals surface area (Å²) >= 11 is 0. The highest BCUT2D eigenvalue weighted by atomic mass is 16.6. The van der Waals surface area contributed by atoms with Gasteiger partial charge in [-0.3, -0.25) is 14.4 Å². The second kappa shape index (κ2) is 69.1. The lowest BCUT2D eigenvalue weighted by Crippen LogP contribution is -2.30. The van der Waals surface area contributed by atoms with Crippen LogP contribution in [0.5, 0.6) is 0 Å². The van der Waals surface area contributed by atoms with Gasteiger partial charge in [-0.05, 0) is 116 Å². The van der Waals surface area contributed by atoms with Gasteiger partial charge in [-0.25, -0.2) is 0 Å². The molecule has 0 amide bonds. The molecule has 0 radical (unpaired) electrons. The van der Waals surface area contributed by atoms with E-state index in [0.717, 1.165) is 109 Å². The first-order chi connectivity index (χ1) is 40.0. The first-order valence-electron chi connectivity index (χ1n) is 35.1. The van der Waals surface area contributed by atoms with Gasteiger partial charge < -0.3 is 14.2 Å². The van der Waals surface area contributed by atoms with E-state index < -0.39 is 6.10 Å². The summed E-state index contributed by atoms with van der Waals surface area (Å²) < 4.78 is 17.0. The van der Waals surface area contributed by atoms with Crippen molar-refractivity contribution in [1.82, 2.24) is 0 Å². The molecule has 6 nitrogen and oxygen atoms in total. The van der Waals surface area contributed by atoms with Crippen molar-refractivity contribution < 1.29 is 28.6 Å². The van der Waals surface area contributed by atoms with Crippen LogP contribution >= 0.6 is 0 Å². The Morgan fingerprint density at radius 1 is 0.259 bits per heavy atom. The number of rotatable bonds is 64. The Kier molecular flexibility index (Phi) is 66.2. The second-order valence-electron chi connectivity index (χ2n) is 23.4. The molecule has 0 aliphatic heterocycles. The van der Waals surface area contributed by atoms with Crippen LogP contribution < -0.4 is 0 Å². The van der Waals surface area contributed by atoms with Gasteiger partial charge in [-0.15, -0.1) is 0 Å². The van der Waals surface area contributed by atoms with Gasteiger partial charge in [0.05, 0.1) is 0 Å².